The molecule has 0 aliphatic carbocycles. The fraction of sp³-hybridized carbons (Fsp3) is 0.250. The number of nitrogens with one attached hydrogen (secondary N) is 1. The zero-order valence-corrected chi connectivity index (χ0v) is 15.1. The Bertz CT molecular complexity index is 864. The van der Waals surface area contributed by atoms with E-state index in [-0.39, 0.29) is 23.4 Å². The highest BCUT2D eigenvalue weighted by atomic mass is 16.5. The van der Waals surface area contributed by atoms with Gasteiger partial charge in [0.25, 0.3) is 5.91 Å². The standard InChI is InChI=1S/C20H22N4O3/c1-3-18(25)22-14-10-11-24(12-14)17-9-8-16(19(21)26)20(23-17)27-15-6-4-13(2)5-7-15/h3-9,14H,1,10-12H2,2H3,(H2,21,26)(H,22,25)/t14-/m0/s1. The minimum atomic E-state index is -0.603. The molecular formula is C20H22N4O3. The lowest BCUT2D eigenvalue weighted by atomic mass is 10.2. The summed E-state index contributed by atoms with van der Waals surface area (Å²) in [5, 5.41) is 2.89. The first-order chi connectivity index (χ1) is 13.0. The Morgan fingerprint density at radius 3 is 2.70 bits per heavy atom. The number of benzene rings is 1. The molecule has 7 heteroatoms. The van der Waals surface area contributed by atoms with E-state index in [1.165, 1.54) is 6.08 Å². The van der Waals surface area contributed by atoms with Crippen LogP contribution in [0.1, 0.15) is 22.3 Å². The van der Waals surface area contributed by atoms with Gasteiger partial charge in [-0.3, -0.25) is 9.59 Å². The van der Waals surface area contributed by atoms with Crippen molar-refractivity contribution in [3.63, 3.8) is 0 Å². The van der Waals surface area contributed by atoms with Crippen molar-refractivity contribution >= 4 is 17.6 Å². The predicted molar refractivity (Wildman–Crippen MR) is 103 cm³/mol. The minimum absolute atomic E-state index is 0.0228. The summed E-state index contributed by atoms with van der Waals surface area (Å²) in [7, 11) is 0. The highest BCUT2D eigenvalue weighted by Crippen LogP contribution is 2.28. The quantitative estimate of drug-likeness (QED) is 0.764. The number of hydrogen-bond donors (Lipinski definition) is 2. The van der Waals surface area contributed by atoms with E-state index in [0.29, 0.717) is 18.1 Å². The molecule has 1 atom stereocenters. The molecule has 3 rings (SSSR count). The first-order valence-electron chi connectivity index (χ1n) is 8.69. The van der Waals surface area contributed by atoms with Gasteiger partial charge < -0.3 is 20.7 Å². The lowest BCUT2D eigenvalue weighted by Gasteiger charge is -2.19. The monoisotopic (exact) mass is 366 g/mol. The molecule has 2 aromatic rings. The minimum Gasteiger partial charge on any atom is -0.438 e. The maximum absolute atomic E-state index is 11.7. The number of ether oxygens (including phenoxy) is 1. The molecule has 2 heterocycles. The Labute approximate surface area is 157 Å². The number of aryl methyl sites for hydroxylation is 1. The Hall–Kier alpha value is -3.35. The number of hydrogen-bond acceptors (Lipinski definition) is 5. The fourth-order valence-electron chi connectivity index (χ4n) is 2.94. The summed E-state index contributed by atoms with van der Waals surface area (Å²) < 4.78 is 5.81. The van der Waals surface area contributed by atoms with Gasteiger partial charge >= 0.3 is 0 Å². The van der Waals surface area contributed by atoms with Crippen molar-refractivity contribution in [2.24, 2.45) is 5.73 Å². The lowest BCUT2D eigenvalue weighted by Crippen LogP contribution is -2.36. The first kappa shape index (κ1) is 18.4. The number of nitrogens with two attached hydrogens (primary N) is 1. The summed E-state index contributed by atoms with van der Waals surface area (Å²) >= 11 is 0. The second-order valence-electron chi connectivity index (χ2n) is 6.45. The predicted octanol–water partition coefficient (Wildman–Crippen LogP) is 2.16. The summed E-state index contributed by atoms with van der Waals surface area (Å²) in [5.41, 5.74) is 6.78. The van der Waals surface area contributed by atoms with Crippen LogP contribution in [0.4, 0.5) is 5.82 Å². The van der Waals surface area contributed by atoms with Crippen LogP contribution < -0.4 is 20.7 Å². The molecule has 0 bridgehead atoms. The van der Waals surface area contributed by atoms with Crippen LogP contribution in [0.5, 0.6) is 11.6 Å². The van der Waals surface area contributed by atoms with Crippen LogP contribution in [0.15, 0.2) is 49.1 Å². The van der Waals surface area contributed by atoms with E-state index in [1.807, 2.05) is 36.1 Å². The maximum Gasteiger partial charge on any atom is 0.254 e. The van der Waals surface area contributed by atoms with E-state index in [0.717, 1.165) is 18.5 Å². The third-order valence-corrected chi connectivity index (χ3v) is 4.39. The molecule has 27 heavy (non-hydrogen) atoms. The Balaban J connectivity index is 1.81. The van der Waals surface area contributed by atoms with Gasteiger partial charge in [0.2, 0.25) is 11.8 Å². The van der Waals surface area contributed by atoms with Crippen molar-refractivity contribution in [3.05, 3.63) is 60.2 Å². The third kappa shape index (κ3) is 4.44. The molecule has 1 aliphatic heterocycles. The van der Waals surface area contributed by atoms with Gasteiger partial charge in [-0.15, -0.1) is 0 Å². The number of pyridine rings is 1. The molecule has 1 saturated heterocycles. The van der Waals surface area contributed by atoms with Gasteiger partial charge in [-0.2, -0.15) is 4.98 Å². The van der Waals surface area contributed by atoms with Gasteiger partial charge in [0.05, 0.1) is 0 Å². The average molecular weight is 366 g/mol. The third-order valence-electron chi connectivity index (χ3n) is 4.39. The molecular weight excluding hydrogens is 344 g/mol. The molecule has 7 nitrogen and oxygen atoms in total. The summed E-state index contributed by atoms with van der Waals surface area (Å²) in [6, 6.07) is 10.8. The van der Waals surface area contributed by atoms with Crippen molar-refractivity contribution < 1.29 is 14.3 Å². The van der Waals surface area contributed by atoms with Gasteiger partial charge in [0.15, 0.2) is 0 Å². The molecule has 0 spiro atoms. The zero-order valence-electron chi connectivity index (χ0n) is 15.1. The van der Waals surface area contributed by atoms with Crippen molar-refractivity contribution in [2.75, 3.05) is 18.0 Å². The van der Waals surface area contributed by atoms with Crippen molar-refractivity contribution in [2.45, 2.75) is 19.4 Å². The Morgan fingerprint density at radius 1 is 1.30 bits per heavy atom. The summed E-state index contributed by atoms with van der Waals surface area (Å²) in [6.45, 7) is 6.79. The van der Waals surface area contributed by atoms with E-state index in [4.69, 9.17) is 10.5 Å². The number of rotatable bonds is 6. The molecule has 1 aromatic heterocycles. The van der Waals surface area contributed by atoms with Crippen LogP contribution in [0.2, 0.25) is 0 Å². The number of anilines is 1. The summed E-state index contributed by atoms with van der Waals surface area (Å²) in [4.78, 5) is 29.7. The van der Waals surface area contributed by atoms with E-state index >= 15 is 0 Å². The molecule has 1 aliphatic rings. The number of primary amides is 1. The Kier molecular flexibility index (Phi) is 5.40. The van der Waals surface area contributed by atoms with E-state index in [2.05, 4.69) is 16.9 Å². The lowest BCUT2D eigenvalue weighted by molar-refractivity contribution is -0.117. The van der Waals surface area contributed by atoms with Crippen LogP contribution >= 0.6 is 0 Å². The van der Waals surface area contributed by atoms with Gasteiger partial charge in [-0.1, -0.05) is 24.3 Å². The number of nitrogens with zero attached hydrogens (tertiary/aromatic N) is 2. The van der Waals surface area contributed by atoms with Gasteiger partial charge in [-0.05, 0) is 43.7 Å². The number of carbonyl (C=O) groups is 2. The smallest absolute Gasteiger partial charge is 0.254 e. The molecule has 1 fully saturated rings. The van der Waals surface area contributed by atoms with E-state index < -0.39 is 5.91 Å². The van der Waals surface area contributed by atoms with Crippen LogP contribution in [-0.4, -0.2) is 35.9 Å². The average Bonchev–Trinajstić information content (AvgIpc) is 3.11. The number of amides is 2. The molecule has 0 saturated carbocycles. The van der Waals surface area contributed by atoms with E-state index in [9.17, 15) is 9.59 Å². The maximum atomic E-state index is 11.7. The van der Waals surface area contributed by atoms with Crippen LogP contribution in [0.25, 0.3) is 0 Å². The zero-order chi connectivity index (χ0) is 19.4. The SMILES string of the molecule is C=CC(=O)N[C@H]1CCN(c2ccc(C(N)=O)c(Oc3ccc(C)cc3)n2)C1. The highest BCUT2D eigenvalue weighted by Gasteiger charge is 2.25. The van der Waals surface area contributed by atoms with Gasteiger partial charge in [0, 0.05) is 19.1 Å². The van der Waals surface area contributed by atoms with Crippen molar-refractivity contribution in [1.82, 2.24) is 10.3 Å². The fourth-order valence-corrected chi connectivity index (χ4v) is 2.94. The molecule has 140 valence electrons. The van der Waals surface area contributed by atoms with E-state index in [1.54, 1.807) is 12.1 Å². The van der Waals surface area contributed by atoms with Crippen LogP contribution in [0.3, 0.4) is 0 Å². The number of aromatic nitrogens is 1. The second-order valence-corrected chi connectivity index (χ2v) is 6.45. The van der Waals surface area contributed by atoms with Crippen molar-refractivity contribution in [3.8, 4) is 11.6 Å². The van der Waals surface area contributed by atoms with Crippen LogP contribution in [0, 0.1) is 6.92 Å². The molecule has 1 aromatic carbocycles. The highest BCUT2D eigenvalue weighted by molar-refractivity contribution is 5.95. The molecule has 0 radical (unpaired) electrons. The van der Waals surface area contributed by atoms with Crippen LogP contribution in [-0.2, 0) is 4.79 Å². The molecule has 2 amide bonds. The normalized spacial score (nSPS) is 16.0. The largest absolute Gasteiger partial charge is 0.438 e. The van der Waals surface area contributed by atoms with Gasteiger partial charge in [0.1, 0.15) is 17.1 Å². The number of carbonyl (C=O) groups excluding carboxylic acids is 2. The Morgan fingerprint density at radius 2 is 2.04 bits per heavy atom. The van der Waals surface area contributed by atoms with Crippen molar-refractivity contribution in [1.29, 1.82) is 0 Å². The molecule has 3 N–H and O–H groups in total. The first-order valence-corrected chi connectivity index (χ1v) is 8.69. The van der Waals surface area contributed by atoms with Gasteiger partial charge in [-0.25, -0.2) is 0 Å². The second kappa shape index (κ2) is 7.90. The topological polar surface area (TPSA) is 97.6 Å². The summed E-state index contributed by atoms with van der Waals surface area (Å²) in [6.07, 6.45) is 2.06. The summed E-state index contributed by atoms with van der Waals surface area (Å²) in [5.74, 6) is 0.612. The molecule has 0 unspecified atom stereocenters.